The predicted octanol–water partition coefficient (Wildman–Crippen LogP) is 6.74. The van der Waals surface area contributed by atoms with Crippen LogP contribution in [-0.2, 0) is 0 Å². The van der Waals surface area contributed by atoms with Crippen LogP contribution in [0.25, 0.3) is 0 Å². The van der Waals surface area contributed by atoms with Crippen LogP contribution in [0.15, 0.2) is 0 Å². The standard InChI is InChI=1S/C14H23F7/c1-2-3-4-5-6-7-8-9-10-11-12(15,16)13(17,18)14(19,20)21/h2-11H2,1H3. The van der Waals surface area contributed by atoms with Gasteiger partial charge in [0.15, 0.2) is 0 Å². The molecule has 0 aliphatic rings. The number of halogens is 7. The van der Waals surface area contributed by atoms with Crippen LogP contribution in [-0.4, -0.2) is 18.0 Å². The average Bonchev–Trinajstić information content (AvgIpc) is 2.35. The normalized spacial score (nSPS) is 13.7. The molecule has 0 aliphatic carbocycles. The lowest BCUT2D eigenvalue weighted by Gasteiger charge is -2.28. The zero-order valence-corrected chi connectivity index (χ0v) is 12.2. The second-order valence-corrected chi connectivity index (χ2v) is 5.36. The zero-order valence-electron chi connectivity index (χ0n) is 12.2. The van der Waals surface area contributed by atoms with Crippen molar-refractivity contribution in [2.24, 2.45) is 0 Å². The monoisotopic (exact) mass is 324 g/mol. The lowest BCUT2D eigenvalue weighted by atomic mass is 10.0. The smallest absolute Gasteiger partial charge is 0.200 e. The molecule has 21 heavy (non-hydrogen) atoms. The Balaban J connectivity index is 3.86. The summed E-state index contributed by atoms with van der Waals surface area (Å²) in [5.41, 5.74) is 0. The summed E-state index contributed by atoms with van der Waals surface area (Å²) in [4.78, 5) is 0. The quantitative estimate of drug-likeness (QED) is 0.291. The van der Waals surface area contributed by atoms with Crippen molar-refractivity contribution in [1.29, 1.82) is 0 Å². The van der Waals surface area contributed by atoms with E-state index < -0.39 is 24.4 Å². The Hall–Kier alpha value is -0.490. The molecule has 0 radical (unpaired) electrons. The maximum absolute atomic E-state index is 12.9. The Morgan fingerprint density at radius 3 is 1.33 bits per heavy atom. The Bertz CT molecular complexity index is 271. The maximum Gasteiger partial charge on any atom is 0.459 e. The summed E-state index contributed by atoms with van der Waals surface area (Å²) >= 11 is 0. The molecule has 0 spiro atoms. The van der Waals surface area contributed by atoms with E-state index in [1.54, 1.807) is 0 Å². The van der Waals surface area contributed by atoms with Gasteiger partial charge in [0.25, 0.3) is 0 Å². The van der Waals surface area contributed by atoms with Gasteiger partial charge in [0.05, 0.1) is 0 Å². The third kappa shape index (κ3) is 6.87. The first-order valence-electron chi connectivity index (χ1n) is 7.38. The maximum atomic E-state index is 12.9. The number of alkyl halides is 7. The Labute approximate surface area is 121 Å². The molecule has 0 unspecified atom stereocenters. The molecule has 0 saturated heterocycles. The second-order valence-electron chi connectivity index (χ2n) is 5.36. The van der Waals surface area contributed by atoms with Gasteiger partial charge in [-0.05, 0) is 6.42 Å². The minimum Gasteiger partial charge on any atom is -0.200 e. The Morgan fingerprint density at radius 2 is 0.952 bits per heavy atom. The molecule has 0 heterocycles. The van der Waals surface area contributed by atoms with E-state index in [2.05, 4.69) is 6.92 Å². The predicted molar refractivity (Wildman–Crippen MR) is 67.8 cm³/mol. The largest absolute Gasteiger partial charge is 0.459 e. The van der Waals surface area contributed by atoms with Crippen molar-refractivity contribution in [3.05, 3.63) is 0 Å². The van der Waals surface area contributed by atoms with E-state index in [1.165, 1.54) is 0 Å². The molecule has 0 amide bonds. The van der Waals surface area contributed by atoms with Crippen molar-refractivity contribution >= 4 is 0 Å². The number of hydrogen-bond acceptors (Lipinski definition) is 0. The topological polar surface area (TPSA) is 0 Å². The Kier molecular flexibility index (Phi) is 8.63. The summed E-state index contributed by atoms with van der Waals surface area (Å²) in [5, 5.41) is 0. The van der Waals surface area contributed by atoms with Crippen LogP contribution in [0.5, 0.6) is 0 Å². The zero-order chi connectivity index (χ0) is 16.6. The molecule has 0 aromatic rings. The molecule has 0 rings (SSSR count). The molecule has 0 fully saturated rings. The highest BCUT2D eigenvalue weighted by Crippen LogP contribution is 2.48. The van der Waals surface area contributed by atoms with Crippen LogP contribution >= 0.6 is 0 Å². The summed E-state index contributed by atoms with van der Waals surface area (Å²) in [6.45, 7) is 2.08. The van der Waals surface area contributed by atoms with E-state index in [9.17, 15) is 30.7 Å². The first kappa shape index (κ1) is 20.5. The molecule has 0 N–H and O–H groups in total. The number of unbranched alkanes of at least 4 members (excludes halogenated alkanes) is 8. The number of hydrogen-bond donors (Lipinski definition) is 0. The minimum absolute atomic E-state index is 0.247. The fourth-order valence-electron chi connectivity index (χ4n) is 2.02. The van der Waals surface area contributed by atoms with Crippen LogP contribution < -0.4 is 0 Å². The van der Waals surface area contributed by atoms with Crippen molar-refractivity contribution in [2.45, 2.75) is 89.2 Å². The second kappa shape index (κ2) is 8.83. The fraction of sp³-hybridized carbons (Fsp3) is 1.00. The van der Waals surface area contributed by atoms with Gasteiger partial charge >= 0.3 is 18.0 Å². The van der Waals surface area contributed by atoms with Gasteiger partial charge in [-0.15, -0.1) is 0 Å². The van der Waals surface area contributed by atoms with Gasteiger partial charge in [-0.3, -0.25) is 0 Å². The van der Waals surface area contributed by atoms with E-state index in [0.29, 0.717) is 6.42 Å². The van der Waals surface area contributed by atoms with E-state index in [0.717, 1.165) is 38.5 Å². The van der Waals surface area contributed by atoms with Crippen molar-refractivity contribution in [3.8, 4) is 0 Å². The van der Waals surface area contributed by atoms with Gasteiger partial charge in [-0.2, -0.15) is 30.7 Å². The molecule has 0 nitrogen and oxygen atoms in total. The lowest BCUT2D eigenvalue weighted by molar-refractivity contribution is -0.355. The van der Waals surface area contributed by atoms with Crippen LogP contribution in [0.4, 0.5) is 30.7 Å². The molecule has 0 aromatic heterocycles. The first-order chi connectivity index (χ1) is 9.56. The fourth-order valence-corrected chi connectivity index (χ4v) is 2.02. The summed E-state index contributed by atoms with van der Waals surface area (Å²) < 4.78 is 86.7. The summed E-state index contributed by atoms with van der Waals surface area (Å²) in [5.74, 6) is -11.0. The molecule has 0 aromatic carbocycles. The van der Waals surface area contributed by atoms with E-state index in [1.807, 2.05) is 0 Å². The van der Waals surface area contributed by atoms with Crippen molar-refractivity contribution < 1.29 is 30.7 Å². The summed E-state index contributed by atoms with van der Waals surface area (Å²) in [7, 11) is 0. The Morgan fingerprint density at radius 1 is 0.571 bits per heavy atom. The van der Waals surface area contributed by atoms with Crippen LogP contribution in [0.3, 0.4) is 0 Å². The van der Waals surface area contributed by atoms with Gasteiger partial charge in [0, 0.05) is 6.42 Å². The SMILES string of the molecule is CCCCCCCCCCCC(F)(F)C(F)(F)C(F)(F)F. The molecule has 128 valence electrons. The molecule has 0 bridgehead atoms. The molecule has 0 atom stereocenters. The van der Waals surface area contributed by atoms with E-state index >= 15 is 0 Å². The molecule has 0 saturated carbocycles. The van der Waals surface area contributed by atoms with Crippen LogP contribution in [0.1, 0.15) is 71.1 Å². The molecule has 7 heteroatoms. The highest BCUT2D eigenvalue weighted by molar-refractivity contribution is 4.90. The third-order valence-corrected chi connectivity index (χ3v) is 3.41. The highest BCUT2D eigenvalue weighted by atomic mass is 19.4. The van der Waals surface area contributed by atoms with E-state index in [-0.39, 0.29) is 12.8 Å². The third-order valence-electron chi connectivity index (χ3n) is 3.41. The van der Waals surface area contributed by atoms with Gasteiger partial charge in [0.1, 0.15) is 0 Å². The summed E-state index contributed by atoms with van der Waals surface area (Å²) in [6.07, 6.45) is -1.01. The first-order valence-corrected chi connectivity index (χ1v) is 7.38. The van der Waals surface area contributed by atoms with Gasteiger partial charge < -0.3 is 0 Å². The van der Waals surface area contributed by atoms with E-state index in [4.69, 9.17) is 0 Å². The molecular weight excluding hydrogens is 301 g/mol. The summed E-state index contributed by atoms with van der Waals surface area (Å²) in [6, 6.07) is 0. The van der Waals surface area contributed by atoms with Crippen molar-refractivity contribution in [1.82, 2.24) is 0 Å². The molecular formula is C14H23F7. The van der Waals surface area contributed by atoms with Crippen LogP contribution in [0.2, 0.25) is 0 Å². The highest BCUT2D eigenvalue weighted by Gasteiger charge is 2.72. The van der Waals surface area contributed by atoms with Crippen molar-refractivity contribution in [2.75, 3.05) is 0 Å². The number of rotatable bonds is 11. The van der Waals surface area contributed by atoms with Gasteiger partial charge in [0.2, 0.25) is 0 Å². The minimum atomic E-state index is -6.21. The molecule has 0 aliphatic heterocycles. The van der Waals surface area contributed by atoms with Gasteiger partial charge in [-0.1, -0.05) is 58.3 Å². The van der Waals surface area contributed by atoms with Crippen molar-refractivity contribution in [3.63, 3.8) is 0 Å². The van der Waals surface area contributed by atoms with Crippen LogP contribution in [0, 0.1) is 0 Å². The van der Waals surface area contributed by atoms with Gasteiger partial charge in [-0.25, -0.2) is 0 Å². The lowest BCUT2D eigenvalue weighted by Crippen LogP contribution is -2.51. The average molecular weight is 324 g/mol.